The van der Waals surface area contributed by atoms with Crippen molar-refractivity contribution in [2.45, 2.75) is 0 Å². The normalized spacial score (nSPS) is 10.7. The molecule has 0 saturated carbocycles. The third-order valence-corrected chi connectivity index (χ3v) is 5.50. The van der Waals surface area contributed by atoms with Crippen LogP contribution in [0.1, 0.15) is 15.9 Å². The van der Waals surface area contributed by atoms with Crippen LogP contribution in [0.2, 0.25) is 10.0 Å². The minimum atomic E-state index is -0.674. The Balaban J connectivity index is 1.71. The smallest absolute Gasteiger partial charge is 0.337 e. The van der Waals surface area contributed by atoms with E-state index in [4.69, 9.17) is 32.7 Å². The van der Waals surface area contributed by atoms with Gasteiger partial charge in [-0.3, -0.25) is 9.59 Å². The van der Waals surface area contributed by atoms with E-state index in [1.165, 1.54) is 56.7 Å². The summed E-state index contributed by atoms with van der Waals surface area (Å²) in [5.41, 5.74) is 1.41. The Kier molecular flexibility index (Phi) is 9.71. The number of hydrogen-bond acceptors (Lipinski definition) is 7. The van der Waals surface area contributed by atoms with Gasteiger partial charge in [-0.05, 0) is 72.3 Å². The monoisotopic (exact) mass is 553 g/mol. The van der Waals surface area contributed by atoms with E-state index in [0.717, 1.165) is 0 Å². The van der Waals surface area contributed by atoms with Crippen molar-refractivity contribution < 1.29 is 28.6 Å². The van der Waals surface area contributed by atoms with Crippen molar-refractivity contribution >= 4 is 58.4 Å². The van der Waals surface area contributed by atoms with E-state index in [9.17, 15) is 19.6 Å². The molecule has 0 heterocycles. The highest BCUT2D eigenvalue weighted by Gasteiger charge is 2.16. The summed E-state index contributed by atoms with van der Waals surface area (Å²) in [5, 5.41) is 15.4. The average molecular weight is 554 g/mol. The maximum atomic E-state index is 12.6. The number of esters is 1. The lowest BCUT2D eigenvalue weighted by Gasteiger charge is -2.13. The Morgan fingerprint density at radius 2 is 1.58 bits per heavy atom. The molecule has 0 aromatic heterocycles. The van der Waals surface area contributed by atoms with Crippen molar-refractivity contribution in [2.75, 3.05) is 31.5 Å². The van der Waals surface area contributed by atoms with Crippen LogP contribution in [0.25, 0.3) is 6.08 Å². The van der Waals surface area contributed by atoms with Crippen LogP contribution in [-0.2, 0) is 14.3 Å². The molecule has 0 aliphatic carbocycles. The summed E-state index contributed by atoms with van der Waals surface area (Å²) in [4.78, 5) is 36.5. The van der Waals surface area contributed by atoms with Crippen LogP contribution in [0.3, 0.4) is 0 Å². The topological polar surface area (TPSA) is 127 Å². The molecule has 2 amide bonds. The van der Waals surface area contributed by atoms with E-state index in [1.54, 1.807) is 24.3 Å². The Morgan fingerprint density at radius 1 is 0.947 bits per heavy atom. The standard InChI is InChI=1S/C27H21Cl2N3O6/c1-36-23-13-16(11-18(14-30)26(34)32-21-7-3-17(4-8-21)27(35)37-2)12-22(29)25(23)38-15-24(33)31-20-9-5-19(28)6-10-20/h3-13H,15H2,1-2H3,(H,31,33)(H,32,34)/b18-11+. The van der Waals surface area contributed by atoms with Crippen molar-refractivity contribution in [1.82, 2.24) is 0 Å². The van der Waals surface area contributed by atoms with Gasteiger partial charge < -0.3 is 24.8 Å². The quantitative estimate of drug-likeness (QED) is 0.207. The summed E-state index contributed by atoms with van der Waals surface area (Å²) in [5.74, 6) is -1.31. The number of amides is 2. The van der Waals surface area contributed by atoms with Crippen LogP contribution in [0.4, 0.5) is 11.4 Å². The summed E-state index contributed by atoms with van der Waals surface area (Å²) in [6.07, 6.45) is 1.32. The summed E-state index contributed by atoms with van der Waals surface area (Å²) in [7, 11) is 2.65. The molecule has 0 atom stereocenters. The van der Waals surface area contributed by atoms with Gasteiger partial charge in [0.15, 0.2) is 18.1 Å². The SMILES string of the molecule is COC(=O)c1ccc(NC(=O)/C(C#N)=C/c2cc(Cl)c(OCC(=O)Nc3ccc(Cl)cc3)c(OC)c2)cc1. The highest BCUT2D eigenvalue weighted by molar-refractivity contribution is 6.32. The van der Waals surface area contributed by atoms with Crippen molar-refractivity contribution in [3.63, 3.8) is 0 Å². The van der Waals surface area contributed by atoms with Gasteiger partial charge in [0, 0.05) is 16.4 Å². The second kappa shape index (κ2) is 13.1. The molecular formula is C27H21Cl2N3O6. The number of hydrogen-bond donors (Lipinski definition) is 2. The fourth-order valence-corrected chi connectivity index (χ4v) is 3.55. The predicted octanol–water partition coefficient (Wildman–Crippen LogP) is 5.35. The van der Waals surface area contributed by atoms with Crippen LogP contribution in [0.5, 0.6) is 11.5 Å². The van der Waals surface area contributed by atoms with Crippen molar-refractivity contribution in [2.24, 2.45) is 0 Å². The molecule has 0 saturated heterocycles. The van der Waals surface area contributed by atoms with Crippen LogP contribution in [-0.4, -0.2) is 38.6 Å². The third-order valence-electron chi connectivity index (χ3n) is 4.97. The first-order valence-corrected chi connectivity index (χ1v) is 11.7. The number of benzene rings is 3. The number of nitriles is 1. The van der Waals surface area contributed by atoms with E-state index in [2.05, 4.69) is 15.4 Å². The molecule has 0 aliphatic rings. The van der Waals surface area contributed by atoms with Gasteiger partial charge >= 0.3 is 5.97 Å². The van der Waals surface area contributed by atoms with Crippen LogP contribution in [0, 0.1) is 11.3 Å². The average Bonchev–Trinajstić information content (AvgIpc) is 2.91. The van der Waals surface area contributed by atoms with Gasteiger partial charge in [0.05, 0.1) is 24.8 Å². The van der Waals surface area contributed by atoms with Crippen molar-refractivity contribution in [3.05, 3.63) is 87.4 Å². The maximum absolute atomic E-state index is 12.6. The number of nitrogens with one attached hydrogen (secondary N) is 2. The summed E-state index contributed by atoms with van der Waals surface area (Å²) in [6.45, 7) is -0.353. The molecule has 0 radical (unpaired) electrons. The molecule has 0 unspecified atom stereocenters. The zero-order chi connectivity index (χ0) is 27.7. The molecule has 3 rings (SSSR count). The molecule has 11 heteroatoms. The van der Waals surface area contributed by atoms with E-state index < -0.39 is 17.8 Å². The molecule has 3 aromatic carbocycles. The molecular weight excluding hydrogens is 533 g/mol. The highest BCUT2D eigenvalue weighted by atomic mass is 35.5. The lowest BCUT2D eigenvalue weighted by molar-refractivity contribution is -0.118. The fourth-order valence-electron chi connectivity index (χ4n) is 3.15. The molecule has 0 fully saturated rings. The van der Waals surface area contributed by atoms with E-state index in [-0.39, 0.29) is 28.7 Å². The lowest BCUT2D eigenvalue weighted by Crippen LogP contribution is -2.20. The molecule has 0 spiro atoms. The van der Waals surface area contributed by atoms with Gasteiger partial charge in [-0.2, -0.15) is 5.26 Å². The highest BCUT2D eigenvalue weighted by Crippen LogP contribution is 2.37. The Labute approximate surface area is 228 Å². The molecule has 3 aromatic rings. The first kappa shape index (κ1) is 28.1. The van der Waals surface area contributed by atoms with Gasteiger partial charge in [-0.15, -0.1) is 0 Å². The van der Waals surface area contributed by atoms with Crippen LogP contribution < -0.4 is 20.1 Å². The Hall–Kier alpha value is -4.52. The largest absolute Gasteiger partial charge is 0.493 e. The summed E-state index contributed by atoms with van der Waals surface area (Å²) in [6, 6.07) is 17.4. The zero-order valence-electron chi connectivity index (χ0n) is 20.2. The van der Waals surface area contributed by atoms with Crippen molar-refractivity contribution in [3.8, 4) is 17.6 Å². The predicted molar refractivity (Wildman–Crippen MR) is 144 cm³/mol. The fraction of sp³-hybridized carbons (Fsp3) is 0.111. The third kappa shape index (κ3) is 7.49. The van der Waals surface area contributed by atoms with Crippen LogP contribution >= 0.6 is 23.2 Å². The number of carbonyl (C=O) groups is 3. The van der Waals surface area contributed by atoms with Gasteiger partial charge in [0.2, 0.25) is 0 Å². The zero-order valence-corrected chi connectivity index (χ0v) is 21.7. The Bertz CT molecular complexity index is 1410. The molecule has 0 aliphatic heterocycles. The van der Waals surface area contributed by atoms with Crippen LogP contribution in [0.15, 0.2) is 66.2 Å². The van der Waals surface area contributed by atoms with Gasteiger partial charge in [0.1, 0.15) is 11.6 Å². The number of nitrogens with zero attached hydrogens (tertiary/aromatic N) is 1. The maximum Gasteiger partial charge on any atom is 0.337 e. The van der Waals surface area contributed by atoms with Gasteiger partial charge in [-0.1, -0.05) is 23.2 Å². The lowest BCUT2D eigenvalue weighted by atomic mass is 10.1. The first-order chi connectivity index (χ1) is 18.2. The van der Waals surface area contributed by atoms with E-state index in [0.29, 0.717) is 27.5 Å². The number of halogens is 2. The number of anilines is 2. The Morgan fingerprint density at radius 3 is 2.18 bits per heavy atom. The molecule has 2 N–H and O–H groups in total. The minimum Gasteiger partial charge on any atom is -0.493 e. The number of carbonyl (C=O) groups excluding carboxylic acids is 3. The minimum absolute atomic E-state index is 0.103. The molecule has 38 heavy (non-hydrogen) atoms. The number of rotatable bonds is 9. The van der Waals surface area contributed by atoms with Gasteiger partial charge in [-0.25, -0.2) is 4.79 Å². The first-order valence-electron chi connectivity index (χ1n) is 10.9. The molecule has 0 bridgehead atoms. The van der Waals surface area contributed by atoms with Crippen molar-refractivity contribution in [1.29, 1.82) is 5.26 Å². The van der Waals surface area contributed by atoms with Gasteiger partial charge in [0.25, 0.3) is 11.8 Å². The number of methoxy groups -OCH3 is 2. The second-order valence-corrected chi connectivity index (χ2v) is 8.41. The summed E-state index contributed by atoms with van der Waals surface area (Å²) >= 11 is 12.2. The number of ether oxygens (including phenoxy) is 3. The second-order valence-electron chi connectivity index (χ2n) is 7.57. The van der Waals surface area contributed by atoms with E-state index >= 15 is 0 Å². The van der Waals surface area contributed by atoms with E-state index in [1.807, 2.05) is 6.07 Å². The molecule has 194 valence electrons. The molecule has 9 nitrogen and oxygen atoms in total. The summed E-state index contributed by atoms with van der Waals surface area (Å²) < 4.78 is 15.5.